The highest BCUT2D eigenvalue weighted by Crippen LogP contribution is 2.38. The number of methoxy groups -OCH3 is 3. The van der Waals surface area contributed by atoms with Gasteiger partial charge in [-0.2, -0.15) is 0 Å². The van der Waals surface area contributed by atoms with Crippen LogP contribution in [0.2, 0.25) is 5.02 Å². The van der Waals surface area contributed by atoms with Crippen molar-refractivity contribution in [1.82, 2.24) is 4.90 Å². The molecule has 8 heteroatoms. The molecule has 1 aliphatic rings. The van der Waals surface area contributed by atoms with E-state index in [1.54, 1.807) is 29.2 Å². The normalized spacial score (nSPS) is 14.2. The van der Waals surface area contributed by atoms with Crippen molar-refractivity contribution in [3.05, 3.63) is 46.5 Å². The van der Waals surface area contributed by atoms with Crippen molar-refractivity contribution in [3.8, 4) is 17.2 Å². The SMILES string of the molecule is COc1cc(C(=O)N2CCC(C(=O)Nc3ccc(Cl)cc3C)CC2)cc(OC)c1OC. The number of halogens is 1. The van der Waals surface area contributed by atoms with Gasteiger partial charge in [0.2, 0.25) is 11.7 Å². The van der Waals surface area contributed by atoms with Gasteiger partial charge in [0.05, 0.1) is 21.3 Å². The fourth-order valence-corrected chi connectivity index (χ4v) is 3.96. The number of amides is 2. The minimum atomic E-state index is -0.154. The maximum absolute atomic E-state index is 13.0. The van der Waals surface area contributed by atoms with E-state index in [4.69, 9.17) is 25.8 Å². The number of nitrogens with zero attached hydrogens (tertiary/aromatic N) is 1. The molecule has 0 aliphatic carbocycles. The molecule has 166 valence electrons. The number of anilines is 1. The summed E-state index contributed by atoms with van der Waals surface area (Å²) in [6, 6.07) is 8.66. The van der Waals surface area contributed by atoms with Crippen molar-refractivity contribution in [2.45, 2.75) is 19.8 Å². The van der Waals surface area contributed by atoms with Gasteiger partial charge < -0.3 is 24.4 Å². The lowest BCUT2D eigenvalue weighted by atomic mass is 9.95. The van der Waals surface area contributed by atoms with Crippen LogP contribution in [0.5, 0.6) is 17.2 Å². The van der Waals surface area contributed by atoms with E-state index in [1.807, 2.05) is 13.0 Å². The number of hydrogen-bond acceptors (Lipinski definition) is 5. The first-order chi connectivity index (χ1) is 14.9. The van der Waals surface area contributed by atoms with Crippen LogP contribution in [0.1, 0.15) is 28.8 Å². The van der Waals surface area contributed by atoms with Crippen molar-refractivity contribution in [2.75, 3.05) is 39.7 Å². The van der Waals surface area contributed by atoms with Crippen LogP contribution in [0.15, 0.2) is 30.3 Å². The molecule has 0 spiro atoms. The average Bonchev–Trinajstić information content (AvgIpc) is 2.79. The lowest BCUT2D eigenvalue weighted by Crippen LogP contribution is -2.41. The second-order valence-corrected chi connectivity index (χ2v) is 7.87. The summed E-state index contributed by atoms with van der Waals surface area (Å²) in [7, 11) is 4.54. The van der Waals surface area contributed by atoms with E-state index < -0.39 is 0 Å². The molecule has 1 fully saturated rings. The molecule has 7 nitrogen and oxygen atoms in total. The summed E-state index contributed by atoms with van der Waals surface area (Å²) in [5, 5.41) is 3.61. The summed E-state index contributed by atoms with van der Waals surface area (Å²) < 4.78 is 16.0. The molecule has 2 amide bonds. The number of ether oxygens (including phenoxy) is 3. The van der Waals surface area contributed by atoms with E-state index in [1.165, 1.54) is 21.3 Å². The standard InChI is InChI=1S/C23H27ClN2O5/c1-14-11-17(24)5-6-18(14)25-22(27)15-7-9-26(10-8-15)23(28)16-12-19(29-2)21(31-4)20(13-16)30-3/h5-6,11-13,15H,7-10H2,1-4H3,(H,25,27). The topological polar surface area (TPSA) is 77.1 Å². The largest absolute Gasteiger partial charge is 0.493 e. The molecule has 0 atom stereocenters. The van der Waals surface area contributed by atoms with Crippen LogP contribution in [-0.2, 0) is 4.79 Å². The Balaban J connectivity index is 1.65. The number of likely N-dealkylation sites (tertiary alicyclic amines) is 1. The Morgan fingerprint density at radius 1 is 1.00 bits per heavy atom. The average molecular weight is 447 g/mol. The number of piperidine rings is 1. The molecule has 2 aromatic carbocycles. The van der Waals surface area contributed by atoms with Crippen LogP contribution in [0.25, 0.3) is 0 Å². The molecule has 1 aliphatic heterocycles. The van der Waals surface area contributed by atoms with Crippen molar-refractivity contribution < 1.29 is 23.8 Å². The molecular formula is C23H27ClN2O5. The fraction of sp³-hybridized carbons (Fsp3) is 0.391. The van der Waals surface area contributed by atoms with Gasteiger partial charge in [-0.15, -0.1) is 0 Å². The molecule has 0 saturated carbocycles. The lowest BCUT2D eigenvalue weighted by molar-refractivity contribution is -0.121. The minimum absolute atomic E-state index is 0.0368. The van der Waals surface area contributed by atoms with Gasteiger partial charge in [0.1, 0.15) is 0 Å². The van der Waals surface area contributed by atoms with E-state index in [0.717, 1.165) is 11.3 Å². The molecule has 1 N–H and O–H groups in total. The molecule has 0 radical (unpaired) electrons. The van der Waals surface area contributed by atoms with Crippen LogP contribution >= 0.6 is 11.6 Å². The van der Waals surface area contributed by atoms with E-state index in [-0.39, 0.29) is 17.7 Å². The summed E-state index contributed by atoms with van der Waals surface area (Å²) in [6.45, 7) is 2.89. The number of hydrogen-bond donors (Lipinski definition) is 1. The van der Waals surface area contributed by atoms with Gasteiger partial charge in [-0.1, -0.05) is 11.6 Å². The highest BCUT2D eigenvalue weighted by molar-refractivity contribution is 6.30. The van der Waals surface area contributed by atoms with Crippen LogP contribution in [-0.4, -0.2) is 51.1 Å². The Hall–Kier alpha value is -2.93. The highest BCUT2D eigenvalue weighted by Gasteiger charge is 2.29. The van der Waals surface area contributed by atoms with Gasteiger partial charge in [0.15, 0.2) is 11.5 Å². The maximum atomic E-state index is 13.0. The van der Waals surface area contributed by atoms with E-state index >= 15 is 0 Å². The predicted octanol–water partition coefficient (Wildman–Crippen LogP) is 4.17. The van der Waals surface area contributed by atoms with Gasteiger partial charge in [0.25, 0.3) is 5.91 Å². The van der Waals surface area contributed by atoms with Crippen LogP contribution < -0.4 is 19.5 Å². The highest BCUT2D eigenvalue weighted by atomic mass is 35.5. The van der Waals surface area contributed by atoms with Crippen molar-refractivity contribution in [3.63, 3.8) is 0 Å². The Labute approximate surface area is 187 Å². The monoisotopic (exact) mass is 446 g/mol. The van der Waals surface area contributed by atoms with Crippen LogP contribution in [0.3, 0.4) is 0 Å². The third-order valence-corrected chi connectivity index (χ3v) is 5.75. The zero-order valence-corrected chi connectivity index (χ0v) is 18.9. The van der Waals surface area contributed by atoms with Crippen molar-refractivity contribution >= 4 is 29.1 Å². The zero-order valence-electron chi connectivity index (χ0n) is 18.2. The third-order valence-electron chi connectivity index (χ3n) is 5.51. The van der Waals surface area contributed by atoms with Gasteiger partial charge >= 0.3 is 0 Å². The van der Waals surface area contributed by atoms with Gasteiger partial charge in [-0.25, -0.2) is 0 Å². The number of benzene rings is 2. The molecule has 1 saturated heterocycles. The molecule has 3 rings (SSSR count). The second kappa shape index (κ2) is 9.92. The summed E-state index contributed by atoms with van der Waals surface area (Å²) in [5.74, 6) is 0.973. The molecule has 1 heterocycles. The van der Waals surface area contributed by atoms with Gasteiger partial charge in [0, 0.05) is 35.3 Å². The number of rotatable bonds is 6. The minimum Gasteiger partial charge on any atom is -0.493 e. The smallest absolute Gasteiger partial charge is 0.254 e. The molecule has 31 heavy (non-hydrogen) atoms. The Kier molecular flexibility index (Phi) is 7.28. The first-order valence-corrected chi connectivity index (χ1v) is 10.4. The van der Waals surface area contributed by atoms with Crippen molar-refractivity contribution in [2.24, 2.45) is 5.92 Å². The second-order valence-electron chi connectivity index (χ2n) is 7.43. The van der Waals surface area contributed by atoms with E-state index in [2.05, 4.69) is 5.32 Å². The zero-order chi connectivity index (χ0) is 22.5. The Morgan fingerprint density at radius 2 is 1.61 bits per heavy atom. The summed E-state index contributed by atoms with van der Waals surface area (Å²) in [5.41, 5.74) is 2.12. The Bertz CT molecular complexity index is 945. The third kappa shape index (κ3) is 5.05. The van der Waals surface area contributed by atoms with Crippen molar-refractivity contribution in [1.29, 1.82) is 0 Å². The maximum Gasteiger partial charge on any atom is 0.254 e. The Morgan fingerprint density at radius 3 is 2.13 bits per heavy atom. The molecule has 2 aromatic rings. The first kappa shape index (κ1) is 22.7. The van der Waals surface area contributed by atoms with E-state index in [9.17, 15) is 9.59 Å². The summed E-state index contributed by atoms with van der Waals surface area (Å²) >= 11 is 5.98. The number of nitrogens with one attached hydrogen (secondary N) is 1. The summed E-state index contributed by atoms with van der Waals surface area (Å²) in [6.07, 6.45) is 1.18. The lowest BCUT2D eigenvalue weighted by Gasteiger charge is -2.31. The number of carbonyl (C=O) groups excluding carboxylic acids is 2. The quantitative estimate of drug-likeness (QED) is 0.720. The van der Waals surface area contributed by atoms with Gasteiger partial charge in [-0.3, -0.25) is 9.59 Å². The molecule has 0 bridgehead atoms. The predicted molar refractivity (Wildman–Crippen MR) is 120 cm³/mol. The van der Waals surface area contributed by atoms with Crippen LogP contribution in [0.4, 0.5) is 5.69 Å². The number of aryl methyl sites for hydroxylation is 1. The van der Waals surface area contributed by atoms with E-state index in [0.29, 0.717) is 53.8 Å². The summed E-state index contributed by atoms with van der Waals surface area (Å²) in [4.78, 5) is 27.5. The van der Waals surface area contributed by atoms with Crippen LogP contribution in [0, 0.1) is 12.8 Å². The molecular weight excluding hydrogens is 420 g/mol. The molecule has 0 aromatic heterocycles. The number of carbonyl (C=O) groups is 2. The molecule has 0 unspecified atom stereocenters. The first-order valence-electron chi connectivity index (χ1n) is 10.0. The fourth-order valence-electron chi connectivity index (χ4n) is 3.73. The van der Waals surface area contributed by atoms with Gasteiger partial charge in [-0.05, 0) is 55.7 Å².